The molecule has 2 aliphatic heterocycles. The van der Waals surface area contributed by atoms with Crippen molar-refractivity contribution in [1.29, 1.82) is 0 Å². The fraction of sp³-hybridized carbons (Fsp3) is 0.250. The largest absolute Gasteiger partial charge is 0.507 e. The number of hydrogen-bond donors (Lipinski definition) is 4. The normalized spacial score (nSPS) is 15.7. The van der Waals surface area contributed by atoms with Gasteiger partial charge in [0.1, 0.15) is 11.3 Å². The molecule has 5 rings (SSSR count). The zero-order valence-electron chi connectivity index (χ0n) is 23.9. The number of fused-ring (bicyclic) bond motifs is 2. The second-order valence-corrected chi connectivity index (χ2v) is 10.6. The van der Waals surface area contributed by atoms with E-state index in [4.69, 9.17) is 10.5 Å². The minimum Gasteiger partial charge on any atom is -0.507 e. The summed E-state index contributed by atoms with van der Waals surface area (Å²) in [6.07, 6.45) is 3.46. The van der Waals surface area contributed by atoms with Crippen LogP contribution in [0.2, 0.25) is 0 Å². The highest BCUT2D eigenvalue weighted by Crippen LogP contribution is 2.38. The molecule has 0 aliphatic carbocycles. The van der Waals surface area contributed by atoms with Gasteiger partial charge in [0.15, 0.2) is 5.75 Å². The van der Waals surface area contributed by atoms with Gasteiger partial charge in [-0.3, -0.25) is 14.4 Å². The molecule has 2 aliphatic rings. The van der Waals surface area contributed by atoms with Crippen molar-refractivity contribution in [2.45, 2.75) is 45.1 Å². The first-order chi connectivity index (χ1) is 21.1. The maximum absolute atomic E-state index is 13.5. The third-order valence-corrected chi connectivity index (χ3v) is 7.53. The Labute approximate surface area is 252 Å². The number of carboxylic acids is 1. The molecule has 1 unspecified atom stereocenters. The third kappa shape index (κ3) is 6.59. The highest BCUT2D eigenvalue weighted by molar-refractivity contribution is 6.03. The number of ether oxygens (including phenoxy) is 1. The van der Waals surface area contributed by atoms with Gasteiger partial charge >= 0.3 is 11.9 Å². The second-order valence-electron chi connectivity index (χ2n) is 10.6. The monoisotopic (exact) mass is 597 g/mol. The van der Waals surface area contributed by atoms with Gasteiger partial charge < -0.3 is 30.9 Å². The van der Waals surface area contributed by atoms with Crippen molar-refractivity contribution in [3.05, 3.63) is 88.6 Å². The number of nitrogens with zero attached hydrogens (tertiary/aromatic N) is 3. The maximum Gasteiger partial charge on any atom is 0.339 e. The number of aromatic carboxylic acids is 1. The van der Waals surface area contributed by atoms with Gasteiger partial charge in [0.2, 0.25) is 5.91 Å². The van der Waals surface area contributed by atoms with Gasteiger partial charge in [-0.2, -0.15) is 10.2 Å². The number of nitrogens with two attached hydrogens (primary N) is 1. The van der Waals surface area contributed by atoms with E-state index >= 15 is 0 Å². The zero-order valence-corrected chi connectivity index (χ0v) is 23.9. The molecule has 12 heteroatoms. The smallest absolute Gasteiger partial charge is 0.339 e. The fourth-order valence-electron chi connectivity index (χ4n) is 5.22. The lowest BCUT2D eigenvalue weighted by atomic mass is 10.1. The van der Waals surface area contributed by atoms with Crippen LogP contribution in [0.3, 0.4) is 0 Å². The summed E-state index contributed by atoms with van der Waals surface area (Å²) in [5.74, 6) is -2.46. The first-order valence-corrected chi connectivity index (χ1v) is 14.1. The van der Waals surface area contributed by atoms with E-state index in [0.29, 0.717) is 54.1 Å². The Balaban J connectivity index is 1.28. The quantitative estimate of drug-likeness (QED) is 0.141. The molecule has 1 atom stereocenters. The fourth-order valence-corrected chi connectivity index (χ4v) is 5.22. The second kappa shape index (κ2) is 12.8. The summed E-state index contributed by atoms with van der Waals surface area (Å²) in [6.45, 7) is 2.24. The Bertz CT molecular complexity index is 1710. The zero-order chi connectivity index (χ0) is 31.4. The van der Waals surface area contributed by atoms with Gasteiger partial charge in [0.05, 0.1) is 35.1 Å². The predicted molar refractivity (Wildman–Crippen MR) is 160 cm³/mol. The Kier molecular flexibility index (Phi) is 8.70. The highest BCUT2D eigenvalue weighted by atomic mass is 16.5. The molecule has 0 bridgehead atoms. The van der Waals surface area contributed by atoms with Crippen LogP contribution in [0.15, 0.2) is 76.6 Å². The van der Waals surface area contributed by atoms with E-state index in [2.05, 4.69) is 15.5 Å². The molecule has 44 heavy (non-hydrogen) atoms. The number of carbonyl (C=O) groups is 4. The molecule has 3 aromatic carbocycles. The summed E-state index contributed by atoms with van der Waals surface area (Å²) < 4.78 is 5.82. The van der Waals surface area contributed by atoms with Crippen molar-refractivity contribution in [3.8, 4) is 11.5 Å². The van der Waals surface area contributed by atoms with Crippen molar-refractivity contribution in [3.63, 3.8) is 0 Å². The van der Waals surface area contributed by atoms with Crippen molar-refractivity contribution in [2.75, 3.05) is 11.9 Å². The van der Waals surface area contributed by atoms with Crippen molar-refractivity contribution < 1.29 is 34.1 Å². The molecule has 5 N–H and O–H groups in total. The molecule has 3 aromatic rings. The number of hydrogen-bond acceptors (Lipinski definition) is 9. The number of carbonyl (C=O) groups excluding carboxylic acids is 3. The average Bonchev–Trinajstić information content (AvgIpc) is 3.36. The molecule has 2 heterocycles. The van der Waals surface area contributed by atoms with E-state index in [1.54, 1.807) is 54.4 Å². The Hall–Kier alpha value is -5.52. The van der Waals surface area contributed by atoms with Crippen molar-refractivity contribution in [1.82, 2.24) is 4.90 Å². The van der Waals surface area contributed by atoms with Crippen LogP contribution in [0.25, 0.3) is 0 Å². The molecule has 0 spiro atoms. The summed E-state index contributed by atoms with van der Waals surface area (Å²) in [7, 11) is 0. The Morgan fingerprint density at radius 3 is 2.64 bits per heavy atom. The van der Waals surface area contributed by atoms with Gasteiger partial charge in [0, 0.05) is 19.2 Å². The lowest BCUT2D eigenvalue weighted by Gasteiger charge is -2.20. The van der Waals surface area contributed by atoms with Gasteiger partial charge in [-0.15, -0.1) is 0 Å². The van der Waals surface area contributed by atoms with Crippen molar-refractivity contribution >= 4 is 40.8 Å². The summed E-state index contributed by atoms with van der Waals surface area (Å²) >= 11 is 0. The first-order valence-electron chi connectivity index (χ1n) is 14.1. The molecule has 0 fully saturated rings. The number of esters is 1. The minimum atomic E-state index is -1.29. The molecular weight excluding hydrogens is 566 g/mol. The van der Waals surface area contributed by atoms with E-state index in [1.165, 1.54) is 18.2 Å². The number of carboxylic acid groups (broad SMARTS) is 1. The lowest BCUT2D eigenvalue weighted by Crippen LogP contribution is -2.34. The molecule has 0 radical (unpaired) electrons. The van der Waals surface area contributed by atoms with Gasteiger partial charge in [-0.05, 0) is 67.6 Å². The molecule has 0 saturated heterocycles. The van der Waals surface area contributed by atoms with E-state index < -0.39 is 11.9 Å². The van der Waals surface area contributed by atoms with Crippen LogP contribution >= 0.6 is 0 Å². The molecule has 12 nitrogen and oxygen atoms in total. The number of aryl methyl sites for hydroxylation is 2. The Morgan fingerprint density at radius 2 is 1.86 bits per heavy atom. The molecule has 0 saturated carbocycles. The first kappa shape index (κ1) is 30.0. The number of anilines is 1. The Morgan fingerprint density at radius 1 is 1.07 bits per heavy atom. The summed E-state index contributed by atoms with van der Waals surface area (Å²) in [6, 6.07) is 14.3. The topological polar surface area (TPSA) is 184 Å². The van der Waals surface area contributed by atoms with E-state index in [1.807, 2.05) is 0 Å². The van der Waals surface area contributed by atoms with Crippen LogP contribution in [0.1, 0.15) is 57.5 Å². The van der Waals surface area contributed by atoms with Crippen LogP contribution in [0, 0.1) is 6.92 Å². The summed E-state index contributed by atoms with van der Waals surface area (Å²) in [5.41, 5.74) is 8.99. The van der Waals surface area contributed by atoms with Gasteiger partial charge in [-0.25, -0.2) is 4.79 Å². The summed E-state index contributed by atoms with van der Waals surface area (Å²) in [5, 5.41) is 30.6. The minimum absolute atomic E-state index is 0.0205. The van der Waals surface area contributed by atoms with Gasteiger partial charge in [-0.1, -0.05) is 29.8 Å². The van der Waals surface area contributed by atoms with Crippen molar-refractivity contribution in [2.24, 2.45) is 16.0 Å². The number of phenols is 1. The SMILES string of the molecule is Cc1ccc2c(c1OC(=O)CCc1ccccc1N=Nc1ccc(O)c(C(=O)O)c1)NCC1CC(CCC(N)=O)=CN1C2=O. The van der Waals surface area contributed by atoms with Crippen LogP contribution in [-0.2, 0) is 16.0 Å². The third-order valence-electron chi connectivity index (χ3n) is 7.53. The highest BCUT2D eigenvalue weighted by Gasteiger charge is 2.35. The maximum atomic E-state index is 13.5. The number of aromatic hydroxyl groups is 1. The number of nitrogens with one attached hydrogen (secondary N) is 1. The number of azo groups is 1. The van der Waals surface area contributed by atoms with Crippen LogP contribution in [-0.4, -0.2) is 51.5 Å². The van der Waals surface area contributed by atoms with Crippen LogP contribution in [0.4, 0.5) is 17.1 Å². The standard InChI is InChI=1S/C32H31N5O7/c1-18-6-10-23-29(34-16-22-14-19(7-12-27(33)39)17-37(22)31(23)41)30(18)44-28(40)13-8-20-4-2-3-5-25(20)36-35-21-9-11-26(38)24(15-21)32(42)43/h2-6,9-11,15,17,22,34,38H,7-8,12-14,16H2,1H3,(H2,33,39)(H,42,43). The summed E-state index contributed by atoms with van der Waals surface area (Å²) in [4.78, 5) is 50.7. The van der Waals surface area contributed by atoms with Gasteiger partial charge in [0.25, 0.3) is 5.91 Å². The van der Waals surface area contributed by atoms with E-state index in [0.717, 1.165) is 11.1 Å². The number of primary amides is 1. The molecule has 0 aromatic heterocycles. The van der Waals surface area contributed by atoms with E-state index in [-0.39, 0.29) is 47.7 Å². The number of rotatable bonds is 10. The average molecular weight is 598 g/mol. The number of amides is 2. The predicted octanol–water partition coefficient (Wildman–Crippen LogP) is 5.14. The van der Waals surface area contributed by atoms with Crippen LogP contribution in [0.5, 0.6) is 11.5 Å². The molecule has 2 amide bonds. The van der Waals surface area contributed by atoms with Crippen LogP contribution < -0.4 is 15.8 Å². The molecular formula is C32H31N5O7. The number of benzene rings is 3. The lowest BCUT2D eigenvalue weighted by molar-refractivity contribution is -0.134. The van der Waals surface area contributed by atoms with E-state index in [9.17, 15) is 29.4 Å². The molecule has 226 valence electrons.